The highest BCUT2D eigenvalue weighted by Gasteiger charge is 2.57. The molecule has 2 saturated heterocycles. The van der Waals surface area contributed by atoms with E-state index in [0.717, 1.165) is 5.56 Å². The van der Waals surface area contributed by atoms with Gasteiger partial charge in [-0.2, -0.15) is 0 Å². The molecule has 7 atom stereocenters. The molecule has 18 heteroatoms. The Bertz CT molecular complexity index is 1690. The van der Waals surface area contributed by atoms with Gasteiger partial charge in [0.25, 0.3) is 11.1 Å². The van der Waals surface area contributed by atoms with Crippen LogP contribution in [0.4, 0.5) is 4.79 Å². The van der Waals surface area contributed by atoms with Crippen molar-refractivity contribution in [3.63, 3.8) is 0 Å². The lowest BCUT2D eigenvalue weighted by atomic mass is 9.89. The van der Waals surface area contributed by atoms with Crippen molar-refractivity contribution >= 4 is 46.5 Å². The maximum atomic E-state index is 14.2. The highest BCUT2D eigenvalue weighted by atomic mass is 35.5. The summed E-state index contributed by atoms with van der Waals surface area (Å²) in [6.45, 7) is 18.0. The third-order valence-electron chi connectivity index (χ3n) is 9.76. The summed E-state index contributed by atoms with van der Waals surface area (Å²) in [6, 6.07) is 5.18. The Morgan fingerprint density at radius 3 is 1.89 bits per heavy atom. The molecule has 0 aliphatic carbocycles. The molecule has 2 aliphatic rings. The van der Waals surface area contributed by atoms with E-state index in [1.807, 2.05) is 32.9 Å². The number of Topliss-reactive ketones (excluding diaryl/α,β-unsaturated/α-hetero) is 1. The number of carbonyl (C=O) groups is 6. The number of carbonyl (C=O) groups excluding carboxylic acids is 6. The number of hydrogen-bond acceptors (Lipinski definition) is 14. The van der Waals surface area contributed by atoms with Crippen molar-refractivity contribution < 1.29 is 61.9 Å². The molecule has 0 bridgehead atoms. The van der Waals surface area contributed by atoms with Crippen molar-refractivity contribution in [2.24, 2.45) is 11.7 Å². The molecular formula is C44H69ClN4O13. The second-order valence-corrected chi connectivity index (χ2v) is 19.0. The fourth-order valence-corrected chi connectivity index (χ4v) is 7.30. The van der Waals surface area contributed by atoms with E-state index in [9.17, 15) is 28.8 Å². The van der Waals surface area contributed by atoms with Crippen molar-refractivity contribution in [1.29, 1.82) is 0 Å². The highest BCUT2D eigenvalue weighted by Crippen LogP contribution is 2.39. The zero-order valence-corrected chi connectivity index (χ0v) is 38.9. The maximum absolute atomic E-state index is 14.2. The lowest BCUT2D eigenvalue weighted by Gasteiger charge is -2.25. The summed E-state index contributed by atoms with van der Waals surface area (Å²) in [6.07, 6.45) is -2.99. The predicted octanol–water partition coefficient (Wildman–Crippen LogP) is 4.75. The van der Waals surface area contributed by atoms with Gasteiger partial charge < -0.3 is 54.8 Å². The normalized spacial score (nSPS) is 22.1. The predicted molar refractivity (Wildman–Crippen MR) is 229 cm³/mol. The second kappa shape index (κ2) is 22.7. The number of amides is 3. The van der Waals surface area contributed by atoms with Gasteiger partial charge in [-0.1, -0.05) is 12.1 Å². The van der Waals surface area contributed by atoms with Crippen molar-refractivity contribution in [2.45, 2.75) is 180 Å². The van der Waals surface area contributed by atoms with Crippen LogP contribution >= 0.6 is 11.6 Å². The monoisotopic (exact) mass is 896 g/mol. The van der Waals surface area contributed by atoms with Crippen LogP contribution in [-0.2, 0) is 58.8 Å². The molecule has 0 aromatic heterocycles. The van der Waals surface area contributed by atoms with Gasteiger partial charge in [0.2, 0.25) is 5.91 Å². The molecule has 0 radical (unpaired) electrons. The molecule has 2 heterocycles. The minimum Gasteiger partial charge on any atom is -0.488 e. The smallest absolute Gasteiger partial charge is 0.408 e. The quantitative estimate of drug-likeness (QED) is 0.0700. The molecule has 0 spiro atoms. The number of ketones is 1. The summed E-state index contributed by atoms with van der Waals surface area (Å²) in [5.41, 5.74) is 5.11. The molecule has 62 heavy (non-hydrogen) atoms. The molecule has 0 saturated carbocycles. The number of nitrogens with two attached hydrogens (primary N) is 1. The van der Waals surface area contributed by atoms with Gasteiger partial charge in [0.1, 0.15) is 35.2 Å². The number of benzene rings is 1. The first kappa shape index (κ1) is 52.5. The standard InChI is InChI=1S/C44H69ClN4O13/c1-41(2,3)57-28-20-18-26(19-21-28)24-27(37(52)48-30(39(54)56-11)17-12-14-22-46)25-31(50)29(49-40(55)62-42(4,5)6)16-13-15-23-47-38(53)35-33(59-44(9,10)61-35)32-34(36(45)51)60-43(7,8)58-32/h18-21,27,29-30,32-35H,12-17,22-25,46H2,1-11H3,(H,47,53)(H,48,52)(H,49,55)/t27-,29+,30?,32?,33?,34?,35?/m1/s1. The first-order valence-corrected chi connectivity index (χ1v) is 21.7. The zero-order valence-electron chi connectivity index (χ0n) is 38.2. The molecule has 17 nitrogen and oxygen atoms in total. The van der Waals surface area contributed by atoms with Crippen LogP contribution in [0.25, 0.3) is 0 Å². The van der Waals surface area contributed by atoms with Crippen LogP contribution in [0, 0.1) is 5.92 Å². The number of rotatable bonds is 22. The van der Waals surface area contributed by atoms with E-state index in [0.29, 0.717) is 44.4 Å². The van der Waals surface area contributed by atoms with Crippen LogP contribution in [-0.4, -0.2) is 114 Å². The number of hydrogen-bond donors (Lipinski definition) is 4. The zero-order chi connectivity index (χ0) is 46.6. The molecule has 350 valence electrons. The first-order chi connectivity index (χ1) is 28.7. The number of alkyl carbamates (subject to hydrolysis) is 1. The van der Waals surface area contributed by atoms with Crippen LogP contribution < -0.4 is 26.4 Å². The minimum absolute atomic E-state index is 0.134. The van der Waals surface area contributed by atoms with Gasteiger partial charge in [-0.15, -0.1) is 0 Å². The fraction of sp³-hybridized carbons (Fsp3) is 0.727. The van der Waals surface area contributed by atoms with Crippen LogP contribution in [0.2, 0.25) is 0 Å². The Balaban J connectivity index is 1.77. The van der Waals surface area contributed by atoms with Crippen LogP contribution in [0.15, 0.2) is 24.3 Å². The third-order valence-corrected chi connectivity index (χ3v) is 9.97. The number of esters is 1. The Hall–Kier alpha value is -3.87. The average Bonchev–Trinajstić information content (AvgIpc) is 3.66. The van der Waals surface area contributed by atoms with E-state index in [2.05, 4.69) is 16.0 Å². The average molecular weight is 898 g/mol. The van der Waals surface area contributed by atoms with Gasteiger partial charge in [0.15, 0.2) is 29.6 Å². The van der Waals surface area contributed by atoms with Crippen LogP contribution in [0.1, 0.15) is 120 Å². The maximum Gasteiger partial charge on any atom is 0.408 e. The van der Waals surface area contributed by atoms with Gasteiger partial charge in [-0.05, 0) is 150 Å². The number of unbranched alkanes of at least 4 members (excludes halogenated alkanes) is 2. The Morgan fingerprint density at radius 2 is 1.34 bits per heavy atom. The van der Waals surface area contributed by atoms with Gasteiger partial charge in [0.05, 0.1) is 13.2 Å². The van der Waals surface area contributed by atoms with Crippen LogP contribution in [0.3, 0.4) is 0 Å². The largest absolute Gasteiger partial charge is 0.488 e. The van der Waals surface area contributed by atoms with Gasteiger partial charge in [-0.3, -0.25) is 19.2 Å². The van der Waals surface area contributed by atoms with Gasteiger partial charge in [-0.25, -0.2) is 9.59 Å². The van der Waals surface area contributed by atoms with Crippen LogP contribution in [0.5, 0.6) is 5.75 Å². The molecule has 3 rings (SSSR count). The van der Waals surface area contributed by atoms with E-state index in [1.54, 1.807) is 60.6 Å². The summed E-state index contributed by atoms with van der Waals surface area (Å²) in [5.74, 6) is -4.77. The van der Waals surface area contributed by atoms with E-state index < -0.39 is 100 Å². The summed E-state index contributed by atoms with van der Waals surface area (Å²) in [5, 5.41) is 7.52. The lowest BCUT2D eigenvalue weighted by molar-refractivity contribution is -0.175. The molecule has 3 amide bonds. The second-order valence-electron chi connectivity index (χ2n) is 18.6. The SMILES string of the molecule is COC(=O)C(CCCCN)NC(=O)[C@@H](CC(=O)[C@H](CCCCNC(=O)C1OC(C)(C)OC1C1OC(C)(C)OC1C(=O)Cl)NC(=O)OC(C)(C)C)Cc1ccc(OC(C)(C)C)cc1. The molecule has 2 aliphatic heterocycles. The first-order valence-electron chi connectivity index (χ1n) is 21.3. The van der Waals surface area contributed by atoms with Crippen molar-refractivity contribution in [2.75, 3.05) is 20.2 Å². The number of nitrogens with one attached hydrogen (secondary N) is 3. The van der Waals surface area contributed by atoms with Crippen molar-refractivity contribution in [1.82, 2.24) is 16.0 Å². The summed E-state index contributed by atoms with van der Waals surface area (Å²) >= 11 is 5.83. The topological polar surface area (TPSA) is 229 Å². The van der Waals surface area contributed by atoms with Gasteiger partial charge >= 0.3 is 12.1 Å². The minimum atomic E-state index is -1.19. The highest BCUT2D eigenvalue weighted by molar-refractivity contribution is 6.64. The molecule has 2 fully saturated rings. The van der Waals surface area contributed by atoms with Crippen molar-refractivity contribution in [3.05, 3.63) is 29.8 Å². The fourth-order valence-electron chi connectivity index (χ4n) is 7.13. The van der Waals surface area contributed by atoms with Gasteiger partial charge in [0, 0.05) is 18.9 Å². The van der Waals surface area contributed by atoms with E-state index >= 15 is 0 Å². The number of halogens is 1. The van der Waals surface area contributed by atoms with E-state index in [1.165, 1.54) is 7.11 Å². The lowest BCUT2D eigenvalue weighted by Crippen LogP contribution is -2.50. The summed E-state index contributed by atoms with van der Waals surface area (Å²) < 4.78 is 40.0. The molecular weight excluding hydrogens is 828 g/mol. The summed E-state index contributed by atoms with van der Waals surface area (Å²) in [4.78, 5) is 79.7. The van der Waals surface area contributed by atoms with Crippen molar-refractivity contribution in [3.8, 4) is 5.75 Å². The van der Waals surface area contributed by atoms with E-state index in [4.69, 9.17) is 50.5 Å². The molecule has 5 unspecified atom stereocenters. The van der Waals surface area contributed by atoms with E-state index in [-0.39, 0.29) is 25.8 Å². The Kier molecular flexibility index (Phi) is 19.2. The molecule has 1 aromatic rings. The number of methoxy groups -OCH3 is 1. The Labute approximate surface area is 370 Å². The molecule has 5 N–H and O–H groups in total. The third kappa shape index (κ3) is 17.4. The summed E-state index contributed by atoms with van der Waals surface area (Å²) in [7, 11) is 1.24. The molecule has 1 aromatic carbocycles. The Morgan fingerprint density at radius 1 is 0.774 bits per heavy atom. The number of ether oxygens (including phenoxy) is 7.